The lowest BCUT2D eigenvalue weighted by molar-refractivity contribution is 0.442. The first kappa shape index (κ1) is 11.1. The van der Waals surface area contributed by atoms with Crippen LogP contribution in [-0.4, -0.2) is 19.1 Å². The van der Waals surface area contributed by atoms with Crippen molar-refractivity contribution in [2.24, 2.45) is 0 Å². The summed E-state index contributed by atoms with van der Waals surface area (Å²) in [6, 6.07) is 1.96. The van der Waals surface area contributed by atoms with Gasteiger partial charge in [0.2, 0.25) is 0 Å². The topological polar surface area (TPSA) is 73.8 Å². The highest BCUT2D eigenvalue weighted by Gasteiger charge is 2.12. The fourth-order valence-corrected chi connectivity index (χ4v) is 2.52. The highest BCUT2D eigenvalue weighted by Crippen LogP contribution is 2.12. The van der Waals surface area contributed by atoms with Gasteiger partial charge in [0.05, 0.1) is 17.9 Å². The molecule has 6 nitrogen and oxygen atoms in total. The van der Waals surface area contributed by atoms with Gasteiger partial charge in [0, 0.05) is 4.88 Å². The molecule has 0 unspecified atom stereocenters. The summed E-state index contributed by atoms with van der Waals surface area (Å²) in [7, 11) is 0. The van der Waals surface area contributed by atoms with Crippen LogP contribution in [-0.2, 0) is 6.54 Å². The van der Waals surface area contributed by atoms with E-state index < -0.39 is 0 Å². The van der Waals surface area contributed by atoms with E-state index in [0.29, 0.717) is 17.6 Å². The monoisotopic (exact) mass is 262 g/mol. The molecule has 3 heterocycles. The second-order valence-electron chi connectivity index (χ2n) is 4.06. The molecule has 7 heteroatoms. The summed E-state index contributed by atoms with van der Waals surface area (Å²) >= 11 is 1.39. The summed E-state index contributed by atoms with van der Waals surface area (Å²) in [4.78, 5) is 17.3. The Morgan fingerprint density at radius 1 is 1.44 bits per heavy atom. The maximum atomic E-state index is 12.2. The Hall–Kier alpha value is -2.02. The fraction of sp³-hybridized carbons (Fsp3) is 0.273. The van der Waals surface area contributed by atoms with Gasteiger partial charge < -0.3 is 4.52 Å². The largest absolute Gasteiger partial charge is 0.335 e. The van der Waals surface area contributed by atoms with E-state index in [-0.39, 0.29) is 11.3 Å². The van der Waals surface area contributed by atoms with Crippen molar-refractivity contribution < 1.29 is 4.52 Å². The Morgan fingerprint density at radius 3 is 3.00 bits per heavy atom. The molecule has 3 rings (SSSR count). The Labute approximate surface area is 106 Å². The maximum absolute atomic E-state index is 12.2. The number of aryl methyl sites for hydroxylation is 2. The van der Waals surface area contributed by atoms with Crippen molar-refractivity contribution in [1.29, 1.82) is 0 Å². The molecular formula is C11H10N4O2S. The van der Waals surface area contributed by atoms with Crippen molar-refractivity contribution in [1.82, 2.24) is 19.1 Å². The first-order valence-electron chi connectivity index (χ1n) is 5.39. The van der Waals surface area contributed by atoms with E-state index in [0.717, 1.165) is 10.6 Å². The molecule has 0 amide bonds. The second-order valence-corrected chi connectivity index (χ2v) is 4.95. The molecule has 0 fully saturated rings. The average Bonchev–Trinajstić information content (AvgIpc) is 2.90. The van der Waals surface area contributed by atoms with Crippen molar-refractivity contribution in [2.45, 2.75) is 20.4 Å². The molecule has 18 heavy (non-hydrogen) atoms. The van der Waals surface area contributed by atoms with Crippen LogP contribution in [0.3, 0.4) is 0 Å². The Morgan fingerprint density at radius 2 is 2.28 bits per heavy atom. The standard InChI is InChI=1S/C11H10N4O2S/c1-6-3-8(18-14-6)4-15-5-12-10-9(11(15)16)7(2)13-17-10/h3,5H,4H2,1-2H3. The Kier molecular flexibility index (Phi) is 2.48. The van der Waals surface area contributed by atoms with Crippen LogP contribution in [0, 0.1) is 13.8 Å². The van der Waals surface area contributed by atoms with Gasteiger partial charge in [0.25, 0.3) is 11.3 Å². The third-order valence-corrected chi connectivity index (χ3v) is 3.50. The molecule has 0 bridgehead atoms. The molecule has 0 aliphatic carbocycles. The molecule has 0 atom stereocenters. The van der Waals surface area contributed by atoms with Crippen LogP contribution in [0.4, 0.5) is 0 Å². The normalized spacial score (nSPS) is 11.2. The van der Waals surface area contributed by atoms with Crippen LogP contribution in [0.5, 0.6) is 0 Å². The van der Waals surface area contributed by atoms with Gasteiger partial charge in [-0.25, -0.2) is 4.98 Å². The predicted molar refractivity (Wildman–Crippen MR) is 66.8 cm³/mol. The molecule has 0 saturated heterocycles. The zero-order valence-corrected chi connectivity index (χ0v) is 10.7. The van der Waals surface area contributed by atoms with Gasteiger partial charge in [-0.3, -0.25) is 9.36 Å². The molecule has 3 aromatic rings. The molecule has 0 saturated carbocycles. The minimum absolute atomic E-state index is 0.134. The Balaban J connectivity index is 2.10. The first-order valence-corrected chi connectivity index (χ1v) is 6.16. The zero-order chi connectivity index (χ0) is 12.7. The molecule has 0 aliphatic rings. The van der Waals surface area contributed by atoms with Gasteiger partial charge in [-0.1, -0.05) is 5.16 Å². The number of hydrogen-bond donors (Lipinski definition) is 0. The van der Waals surface area contributed by atoms with Gasteiger partial charge in [-0.05, 0) is 31.4 Å². The van der Waals surface area contributed by atoms with Gasteiger partial charge in [-0.15, -0.1) is 0 Å². The lowest BCUT2D eigenvalue weighted by Crippen LogP contribution is -2.20. The van der Waals surface area contributed by atoms with Gasteiger partial charge in [-0.2, -0.15) is 4.37 Å². The number of nitrogens with zero attached hydrogens (tertiary/aromatic N) is 4. The highest BCUT2D eigenvalue weighted by molar-refractivity contribution is 7.05. The third-order valence-electron chi connectivity index (χ3n) is 2.64. The Bertz CT molecular complexity index is 771. The molecule has 0 aromatic carbocycles. The zero-order valence-electron chi connectivity index (χ0n) is 9.88. The van der Waals surface area contributed by atoms with E-state index in [1.165, 1.54) is 17.9 Å². The SMILES string of the molecule is Cc1cc(Cn2cnc3onc(C)c3c2=O)sn1. The smallest absolute Gasteiger partial charge is 0.266 e. The number of fused-ring (bicyclic) bond motifs is 1. The van der Waals surface area contributed by atoms with Crippen LogP contribution < -0.4 is 5.56 Å². The number of aromatic nitrogens is 4. The van der Waals surface area contributed by atoms with Crippen molar-refractivity contribution in [3.8, 4) is 0 Å². The van der Waals surface area contributed by atoms with Gasteiger partial charge in [0.1, 0.15) is 11.7 Å². The third kappa shape index (κ3) is 1.72. The summed E-state index contributed by atoms with van der Waals surface area (Å²) in [6.45, 7) is 4.13. The summed E-state index contributed by atoms with van der Waals surface area (Å²) in [6.07, 6.45) is 1.48. The number of rotatable bonds is 2. The van der Waals surface area contributed by atoms with E-state index in [1.54, 1.807) is 11.5 Å². The summed E-state index contributed by atoms with van der Waals surface area (Å²) in [5, 5.41) is 4.19. The van der Waals surface area contributed by atoms with Crippen LogP contribution in [0.15, 0.2) is 21.7 Å². The molecular weight excluding hydrogens is 252 g/mol. The van der Waals surface area contributed by atoms with Crippen molar-refractivity contribution in [3.05, 3.63) is 39.0 Å². The van der Waals surface area contributed by atoms with Gasteiger partial charge >= 0.3 is 0 Å². The molecule has 0 aliphatic heterocycles. The molecule has 0 spiro atoms. The fourth-order valence-electron chi connectivity index (χ4n) is 1.78. The van der Waals surface area contributed by atoms with Crippen LogP contribution in [0.1, 0.15) is 16.3 Å². The summed E-state index contributed by atoms with van der Waals surface area (Å²) in [5.74, 6) is 0. The average molecular weight is 262 g/mol. The van der Waals surface area contributed by atoms with Crippen molar-refractivity contribution in [3.63, 3.8) is 0 Å². The minimum atomic E-state index is -0.134. The van der Waals surface area contributed by atoms with E-state index in [2.05, 4.69) is 14.5 Å². The van der Waals surface area contributed by atoms with Crippen LogP contribution in [0.2, 0.25) is 0 Å². The van der Waals surface area contributed by atoms with E-state index >= 15 is 0 Å². The lowest BCUT2D eigenvalue weighted by Gasteiger charge is -2.01. The van der Waals surface area contributed by atoms with E-state index in [9.17, 15) is 4.79 Å². The minimum Gasteiger partial charge on any atom is -0.335 e. The van der Waals surface area contributed by atoms with Crippen molar-refractivity contribution in [2.75, 3.05) is 0 Å². The van der Waals surface area contributed by atoms with E-state index in [1.807, 2.05) is 13.0 Å². The van der Waals surface area contributed by atoms with Crippen LogP contribution >= 0.6 is 11.5 Å². The molecule has 0 N–H and O–H groups in total. The lowest BCUT2D eigenvalue weighted by atomic mass is 10.3. The van der Waals surface area contributed by atoms with Gasteiger partial charge in [0.15, 0.2) is 0 Å². The van der Waals surface area contributed by atoms with Crippen molar-refractivity contribution >= 4 is 22.6 Å². The quantitative estimate of drug-likeness (QED) is 0.699. The molecule has 3 aromatic heterocycles. The first-order chi connectivity index (χ1) is 8.65. The van der Waals surface area contributed by atoms with Crippen LogP contribution in [0.25, 0.3) is 11.1 Å². The summed E-state index contributed by atoms with van der Waals surface area (Å²) in [5.41, 5.74) is 1.68. The maximum Gasteiger partial charge on any atom is 0.266 e. The molecule has 92 valence electrons. The molecule has 0 radical (unpaired) electrons. The van der Waals surface area contributed by atoms with E-state index in [4.69, 9.17) is 4.52 Å². The predicted octanol–water partition coefficient (Wildman–Crippen LogP) is 1.51. The summed E-state index contributed by atoms with van der Waals surface area (Å²) < 4.78 is 10.7. The second kappa shape index (κ2) is 4.02. The highest BCUT2D eigenvalue weighted by atomic mass is 32.1. The number of hydrogen-bond acceptors (Lipinski definition) is 6.